The van der Waals surface area contributed by atoms with Crippen molar-refractivity contribution in [1.29, 1.82) is 0 Å². The second kappa shape index (κ2) is 9.67. The molecule has 0 unspecified atom stereocenters. The van der Waals surface area contributed by atoms with E-state index in [0.29, 0.717) is 18.7 Å². The van der Waals surface area contributed by atoms with Crippen LogP contribution in [0.2, 0.25) is 0 Å². The van der Waals surface area contributed by atoms with Gasteiger partial charge in [0.25, 0.3) is 0 Å². The van der Waals surface area contributed by atoms with Crippen molar-refractivity contribution in [1.82, 2.24) is 4.31 Å². The van der Waals surface area contributed by atoms with Crippen LogP contribution in [0.25, 0.3) is 0 Å². The van der Waals surface area contributed by atoms with Crippen LogP contribution in [0.15, 0.2) is 59.5 Å². The van der Waals surface area contributed by atoms with Gasteiger partial charge in [-0.1, -0.05) is 24.6 Å². The van der Waals surface area contributed by atoms with Gasteiger partial charge >= 0.3 is 11.9 Å². The first-order chi connectivity index (χ1) is 14.0. The molecular weight excluding hydrogens is 394 g/mol. The van der Waals surface area contributed by atoms with Gasteiger partial charge in [0.15, 0.2) is 0 Å². The minimum absolute atomic E-state index is 0.0686. The molecule has 0 saturated carbocycles. The molecule has 1 heterocycles. The van der Waals surface area contributed by atoms with E-state index in [2.05, 4.69) is 0 Å². The summed E-state index contributed by atoms with van der Waals surface area (Å²) in [5.41, 5.74) is 0.654. The Hall–Kier alpha value is -2.71. The van der Waals surface area contributed by atoms with Crippen LogP contribution in [-0.4, -0.2) is 51.0 Å². The normalized spacial score (nSPS) is 14.9. The van der Waals surface area contributed by atoms with Crippen LogP contribution in [-0.2, 0) is 19.5 Å². The number of carbonyl (C=O) groups is 2. The molecule has 0 atom stereocenters. The number of sulfonamides is 1. The number of ether oxygens (including phenoxy) is 2. The molecule has 3 rings (SSSR count). The highest BCUT2D eigenvalue weighted by Crippen LogP contribution is 2.21. The van der Waals surface area contributed by atoms with Crippen molar-refractivity contribution in [3.63, 3.8) is 0 Å². The van der Waals surface area contributed by atoms with Crippen molar-refractivity contribution >= 4 is 22.0 Å². The molecule has 7 nitrogen and oxygen atoms in total. The largest absolute Gasteiger partial charge is 0.458 e. The highest BCUT2D eigenvalue weighted by Gasteiger charge is 2.26. The standard InChI is InChI=1S/C21H23NO6S/c23-20(17-7-3-1-4-8-17)27-15-16-28-21(24)18-9-11-19(12-10-18)29(25,26)22-13-5-2-6-14-22/h1,3-4,7-12H,2,5-6,13-16H2. The maximum Gasteiger partial charge on any atom is 0.338 e. The minimum Gasteiger partial charge on any atom is -0.458 e. The second-order valence-corrected chi connectivity index (χ2v) is 8.56. The first-order valence-electron chi connectivity index (χ1n) is 9.48. The van der Waals surface area contributed by atoms with Crippen molar-refractivity contribution in [2.24, 2.45) is 0 Å². The smallest absolute Gasteiger partial charge is 0.338 e. The van der Waals surface area contributed by atoms with Crippen LogP contribution in [0.3, 0.4) is 0 Å². The third-order valence-corrected chi connectivity index (χ3v) is 6.51. The van der Waals surface area contributed by atoms with E-state index in [-0.39, 0.29) is 23.7 Å². The van der Waals surface area contributed by atoms with Crippen molar-refractivity contribution in [2.75, 3.05) is 26.3 Å². The third-order valence-electron chi connectivity index (χ3n) is 4.60. The predicted octanol–water partition coefficient (Wildman–Crippen LogP) is 2.88. The predicted molar refractivity (Wildman–Crippen MR) is 106 cm³/mol. The summed E-state index contributed by atoms with van der Waals surface area (Å²) in [6.45, 7) is 0.883. The van der Waals surface area contributed by atoms with E-state index in [0.717, 1.165) is 19.3 Å². The van der Waals surface area contributed by atoms with Crippen LogP contribution in [0.4, 0.5) is 0 Å². The van der Waals surface area contributed by atoms with E-state index in [1.165, 1.54) is 28.6 Å². The van der Waals surface area contributed by atoms with E-state index in [9.17, 15) is 18.0 Å². The Bertz CT molecular complexity index is 935. The van der Waals surface area contributed by atoms with Crippen molar-refractivity contribution in [3.05, 3.63) is 65.7 Å². The van der Waals surface area contributed by atoms with Gasteiger partial charge < -0.3 is 9.47 Å². The van der Waals surface area contributed by atoms with Gasteiger partial charge in [-0.15, -0.1) is 0 Å². The highest BCUT2D eigenvalue weighted by molar-refractivity contribution is 7.89. The van der Waals surface area contributed by atoms with E-state index in [1.807, 2.05) is 0 Å². The van der Waals surface area contributed by atoms with Gasteiger partial charge in [-0.2, -0.15) is 4.31 Å². The molecule has 0 radical (unpaired) electrons. The van der Waals surface area contributed by atoms with Crippen LogP contribution in [0.5, 0.6) is 0 Å². The summed E-state index contributed by atoms with van der Waals surface area (Å²) in [5.74, 6) is -1.10. The highest BCUT2D eigenvalue weighted by atomic mass is 32.2. The quantitative estimate of drug-likeness (QED) is 0.508. The fourth-order valence-corrected chi connectivity index (χ4v) is 4.54. The Balaban J connectivity index is 1.49. The summed E-state index contributed by atoms with van der Waals surface area (Å²) < 4.78 is 36.8. The Kier molecular flexibility index (Phi) is 7.00. The van der Waals surface area contributed by atoms with E-state index in [4.69, 9.17) is 9.47 Å². The van der Waals surface area contributed by atoms with Crippen molar-refractivity contribution in [2.45, 2.75) is 24.2 Å². The van der Waals surface area contributed by atoms with E-state index < -0.39 is 22.0 Å². The summed E-state index contributed by atoms with van der Waals surface area (Å²) in [5, 5.41) is 0. The van der Waals surface area contributed by atoms with Crippen LogP contribution in [0.1, 0.15) is 40.0 Å². The summed E-state index contributed by atoms with van der Waals surface area (Å²) in [6, 6.07) is 14.2. The number of nitrogens with zero attached hydrogens (tertiary/aromatic N) is 1. The molecule has 0 amide bonds. The maximum absolute atomic E-state index is 12.6. The Morgan fingerprint density at radius 2 is 1.28 bits per heavy atom. The molecule has 0 bridgehead atoms. The zero-order valence-electron chi connectivity index (χ0n) is 16.0. The van der Waals surface area contributed by atoms with Gasteiger partial charge in [0.2, 0.25) is 10.0 Å². The average Bonchev–Trinajstić information content (AvgIpc) is 2.77. The number of hydrogen-bond donors (Lipinski definition) is 0. The minimum atomic E-state index is -3.54. The first-order valence-corrected chi connectivity index (χ1v) is 10.9. The first kappa shape index (κ1) is 21.0. The maximum atomic E-state index is 12.6. The van der Waals surface area contributed by atoms with Gasteiger partial charge in [0, 0.05) is 13.1 Å². The summed E-state index contributed by atoms with van der Waals surface area (Å²) in [6.07, 6.45) is 2.76. The molecule has 0 spiro atoms. The molecule has 1 aliphatic heterocycles. The summed E-state index contributed by atoms with van der Waals surface area (Å²) in [4.78, 5) is 24.1. The van der Waals surface area contributed by atoms with Gasteiger partial charge in [-0.3, -0.25) is 0 Å². The molecule has 1 fully saturated rings. The summed E-state index contributed by atoms with van der Waals surface area (Å²) >= 11 is 0. The lowest BCUT2D eigenvalue weighted by molar-refractivity contribution is 0.0265. The molecule has 1 saturated heterocycles. The number of carbonyl (C=O) groups excluding carboxylic acids is 2. The molecule has 8 heteroatoms. The number of esters is 2. The molecule has 29 heavy (non-hydrogen) atoms. The summed E-state index contributed by atoms with van der Waals surface area (Å²) in [7, 11) is -3.54. The number of hydrogen-bond acceptors (Lipinski definition) is 6. The molecule has 0 aliphatic carbocycles. The molecule has 0 N–H and O–H groups in total. The number of rotatable bonds is 7. The van der Waals surface area contributed by atoms with Gasteiger partial charge in [-0.25, -0.2) is 18.0 Å². The van der Waals surface area contributed by atoms with Gasteiger partial charge in [-0.05, 0) is 49.2 Å². The van der Waals surface area contributed by atoms with Crippen LogP contribution >= 0.6 is 0 Å². The SMILES string of the molecule is O=C(OCCOC(=O)c1ccc(S(=O)(=O)N2CCCCC2)cc1)c1ccccc1. The average molecular weight is 417 g/mol. The molecule has 2 aromatic carbocycles. The zero-order valence-corrected chi connectivity index (χ0v) is 16.8. The number of piperidine rings is 1. The number of benzene rings is 2. The fraction of sp³-hybridized carbons (Fsp3) is 0.333. The molecular formula is C21H23NO6S. The third kappa shape index (κ3) is 5.42. The Morgan fingerprint density at radius 1 is 0.759 bits per heavy atom. The molecule has 0 aromatic heterocycles. The Morgan fingerprint density at radius 3 is 1.83 bits per heavy atom. The van der Waals surface area contributed by atoms with Crippen molar-refractivity contribution in [3.8, 4) is 0 Å². The molecule has 1 aliphatic rings. The van der Waals surface area contributed by atoms with Crippen LogP contribution < -0.4 is 0 Å². The van der Waals surface area contributed by atoms with E-state index >= 15 is 0 Å². The second-order valence-electron chi connectivity index (χ2n) is 6.63. The zero-order chi connectivity index (χ0) is 20.7. The lowest BCUT2D eigenvalue weighted by Gasteiger charge is -2.25. The van der Waals surface area contributed by atoms with Crippen molar-refractivity contribution < 1.29 is 27.5 Å². The lowest BCUT2D eigenvalue weighted by Crippen LogP contribution is -2.35. The fourth-order valence-electron chi connectivity index (χ4n) is 3.03. The molecule has 2 aromatic rings. The Labute approximate surface area is 170 Å². The molecule has 154 valence electrons. The van der Waals surface area contributed by atoms with Gasteiger partial charge in [0.05, 0.1) is 16.0 Å². The van der Waals surface area contributed by atoms with E-state index in [1.54, 1.807) is 30.3 Å². The lowest BCUT2D eigenvalue weighted by atomic mass is 10.2. The topological polar surface area (TPSA) is 90.0 Å². The van der Waals surface area contributed by atoms with Crippen LogP contribution in [0, 0.1) is 0 Å². The monoisotopic (exact) mass is 417 g/mol. The van der Waals surface area contributed by atoms with Gasteiger partial charge in [0.1, 0.15) is 13.2 Å².